The molecule has 1 heterocycles. The first kappa shape index (κ1) is 9.80. The number of nitrogens with two attached hydrogens (primary N) is 1. The van der Waals surface area contributed by atoms with E-state index in [1.807, 2.05) is 6.92 Å². The number of aromatic hydroxyl groups is 1. The summed E-state index contributed by atoms with van der Waals surface area (Å²) in [5.41, 5.74) is 5.13. The molecular formula is C9H13NO3. The van der Waals surface area contributed by atoms with Crippen LogP contribution in [0.3, 0.4) is 0 Å². The Balaban J connectivity index is 2.94. The molecule has 0 fully saturated rings. The fourth-order valence-electron chi connectivity index (χ4n) is 1.12. The SMILES string of the molecule is CCC[C@@H](N)c1cc(O)cc(=O)o1. The average Bonchev–Trinajstić information content (AvgIpc) is 2.03. The number of hydrogen-bond acceptors (Lipinski definition) is 4. The van der Waals surface area contributed by atoms with Crippen molar-refractivity contribution >= 4 is 0 Å². The molecule has 0 unspecified atom stereocenters. The van der Waals surface area contributed by atoms with Crippen molar-refractivity contribution in [3.8, 4) is 5.75 Å². The van der Waals surface area contributed by atoms with Crippen LogP contribution in [0.15, 0.2) is 21.3 Å². The molecule has 1 aromatic heterocycles. The summed E-state index contributed by atoms with van der Waals surface area (Å²) in [6.45, 7) is 1.99. The summed E-state index contributed by atoms with van der Waals surface area (Å²) in [6.07, 6.45) is 1.63. The molecule has 0 bridgehead atoms. The van der Waals surface area contributed by atoms with E-state index in [9.17, 15) is 4.79 Å². The third kappa shape index (κ3) is 2.59. The van der Waals surface area contributed by atoms with E-state index in [1.54, 1.807) is 0 Å². The lowest BCUT2D eigenvalue weighted by Crippen LogP contribution is -2.12. The van der Waals surface area contributed by atoms with Crippen LogP contribution in [0.2, 0.25) is 0 Å². The summed E-state index contributed by atoms with van der Waals surface area (Å²) in [5.74, 6) is 0.240. The fraction of sp³-hybridized carbons (Fsp3) is 0.444. The molecule has 0 amide bonds. The topological polar surface area (TPSA) is 76.5 Å². The van der Waals surface area contributed by atoms with Crippen LogP contribution in [0.25, 0.3) is 0 Å². The highest BCUT2D eigenvalue weighted by molar-refractivity contribution is 5.20. The Morgan fingerprint density at radius 1 is 1.62 bits per heavy atom. The van der Waals surface area contributed by atoms with Crippen molar-refractivity contribution in [2.24, 2.45) is 5.73 Å². The highest BCUT2D eigenvalue weighted by atomic mass is 16.4. The molecule has 4 heteroatoms. The second-order valence-corrected chi connectivity index (χ2v) is 2.93. The Morgan fingerprint density at radius 3 is 2.85 bits per heavy atom. The lowest BCUT2D eigenvalue weighted by atomic mass is 10.1. The maximum absolute atomic E-state index is 10.8. The van der Waals surface area contributed by atoms with Crippen molar-refractivity contribution in [1.82, 2.24) is 0 Å². The molecule has 13 heavy (non-hydrogen) atoms. The van der Waals surface area contributed by atoms with Gasteiger partial charge in [-0.05, 0) is 6.42 Å². The second-order valence-electron chi connectivity index (χ2n) is 2.93. The van der Waals surface area contributed by atoms with Gasteiger partial charge in [-0.25, -0.2) is 4.79 Å². The Bertz CT molecular complexity index is 332. The van der Waals surface area contributed by atoms with Crippen LogP contribution in [-0.4, -0.2) is 5.11 Å². The van der Waals surface area contributed by atoms with Gasteiger partial charge in [-0.15, -0.1) is 0 Å². The van der Waals surface area contributed by atoms with Gasteiger partial charge in [0.25, 0.3) is 0 Å². The minimum absolute atomic E-state index is 0.0993. The molecule has 0 aromatic carbocycles. The van der Waals surface area contributed by atoms with Crippen LogP contribution in [0.4, 0.5) is 0 Å². The Hall–Kier alpha value is -1.29. The first-order chi connectivity index (χ1) is 6.13. The summed E-state index contributed by atoms with van der Waals surface area (Å²) < 4.78 is 4.83. The van der Waals surface area contributed by atoms with Crippen molar-refractivity contribution in [3.63, 3.8) is 0 Å². The summed E-state index contributed by atoms with van der Waals surface area (Å²) in [7, 11) is 0. The summed E-state index contributed by atoms with van der Waals surface area (Å²) in [4.78, 5) is 10.8. The molecule has 1 aromatic rings. The maximum atomic E-state index is 10.8. The first-order valence-electron chi connectivity index (χ1n) is 4.23. The summed E-state index contributed by atoms with van der Waals surface area (Å²) >= 11 is 0. The molecule has 0 spiro atoms. The van der Waals surface area contributed by atoms with Gasteiger partial charge >= 0.3 is 5.63 Å². The van der Waals surface area contributed by atoms with Gasteiger partial charge in [-0.1, -0.05) is 13.3 Å². The normalized spacial score (nSPS) is 12.8. The molecule has 0 aliphatic carbocycles. The van der Waals surface area contributed by atoms with Gasteiger partial charge in [0, 0.05) is 6.07 Å². The third-order valence-electron chi connectivity index (χ3n) is 1.74. The van der Waals surface area contributed by atoms with Crippen molar-refractivity contribution < 1.29 is 9.52 Å². The van der Waals surface area contributed by atoms with Gasteiger partial charge in [0.05, 0.1) is 12.1 Å². The minimum Gasteiger partial charge on any atom is -0.508 e. The van der Waals surface area contributed by atoms with Crippen molar-refractivity contribution in [3.05, 3.63) is 28.3 Å². The lowest BCUT2D eigenvalue weighted by Gasteiger charge is -2.07. The van der Waals surface area contributed by atoms with E-state index in [0.29, 0.717) is 5.76 Å². The molecule has 72 valence electrons. The Labute approximate surface area is 76.0 Å². The summed E-state index contributed by atoms with van der Waals surface area (Å²) in [6, 6.07) is 2.08. The molecule has 0 saturated heterocycles. The van der Waals surface area contributed by atoms with E-state index in [1.165, 1.54) is 6.07 Å². The van der Waals surface area contributed by atoms with Crippen molar-refractivity contribution in [1.29, 1.82) is 0 Å². The highest BCUT2D eigenvalue weighted by Gasteiger charge is 2.09. The van der Waals surface area contributed by atoms with E-state index in [2.05, 4.69) is 0 Å². The van der Waals surface area contributed by atoms with E-state index in [0.717, 1.165) is 18.9 Å². The van der Waals surface area contributed by atoms with Gasteiger partial charge in [0.1, 0.15) is 11.5 Å². The third-order valence-corrected chi connectivity index (χ3v) is 1.74. The van der Waals surface area contributed by atoms with Crippen LogP contribution >= 0.6 is 0 Å². The molecule has 0 aliphatic heterocycles. The monoisotopic (exact) mass is 183 g/mol. The second kappa shape index (κ2) is 4.09. The van der Waals surface area contributed by atoms with Crippen LogP contribution in [0, 0.1) is 0 Å². The predicted molar refractivity (Wildman–Crippen MR) is 48.5 cm³/mol. The molecule has 1 atom stereocenters. The van der Waals surface area contributed by atoms with Crippen LogP contribution < -0.4 is 11.4 Å². The standard InChI is InChI=1S/C9H13NO3/c1-2-3-7(10)8-4-6(11)5-9(12)13-8/h4-5,7,11H,2-3,10H2,1H3/t7-/m1/s1. The quantitative estimate of drug-likeness (QED) is 0.736. The molecule has 0 saturated carbocycles. The molecule has 4 nitrogen and oxygen atoms in total. The largest absolute Gasteiger partial charge is 0.508 e. The van der Waals surface area contributed by atoms with Gasteiger partial charge in [-0.2, -0.15) is 0 Å². The van der Waals surface area contributed by atoms with E-state index in [-0.39, 0.29) is 11.8 Å². The Morgan fingerprint density at radius 2 is 2.31 bits per heavy atom. The summed E-state index contributed by atoms with van der Waals surface area (Å²) in [5, 5.41) is 9.10. The van der Waals surface area contributed by atoms with Gasteiger partial charge < -0.3 is 15.3 Å². The van der Waals surface area contributed by atoms with Crippen LogP contribution in [0.1, 0.15) is 31.6 Å². The maximum Gasteiger partial charge on any atom is 0.339 e. The van der Waals surface area contributed by atoms with Crippen molar-refractivity contribution in [2.75, 3.05) is 0 Å². The fourth-order valence-corrected chi connectivity index (χ4v) is 1.12. The minimum atomic E-state index is -0.568. The molecular weight excluding hydrogens is 170 g/mol. The highest BCUT2D eigenvalue weighted by Crippen LogP contribution is 2.17. The average molecular weight is 183 g/mol. The number of hydrogen-bond donors (Lipinski definition) is 2. The smallest absolute Gasteiger partial charge is 0.339 e. The van der Waals surface area contributed by atoms with Crippen molar-refractivity contribution in [2.45, 2.75) is 25.8 Å². The van der Waals surface area contributed by atoms with Gasteiger partial charge in [0.15, 0.2) is 0 Å². The Kier molecular flexibility index (Phi) is 3.08. The first-order valence-corrected chi connectivity index (χ1v) is 4.23. The van der Waals surface area contributed by atoms with E-state index < -0.39 is 5.63 Å². The molecule has 3 N–H and O–H groups in total. The van der Waals surface area contributed by atoms with Gasteiger partial charge in [0.2, 0.25) is 0 Å². The zero-order chi connectivity index (χ0) is 9.84. The van der Waals surface area contributed by atoms with E-state index >= 15 is 0 Å². The van der Waals surface area contributed by atoms with Crippen LogP contribution in [-0.2, 0) is 0 Å². The van der Waals surface area contributed by atoms with Crippen LogP contribution in [0.5, 0.6) is 5.75 Å². The van der Waals surface area contributed by atoms with Gasteiger partial charge in [-0.3, -0.25) is 0 Å². The predicted octanol–water partition coefficient (Wildman–Crippen LogP) is 1.15. The zero-order valence-corrected chi connectivity index (χ0v) is 7.49. The number of rotatable bonds is 3. The molecule has 1 rings (SSSR count). The lowest BCUT2D eigenvalue weighted by molar-refractivity contribution is 0.393. The zero-order valence-electron chi connectivity index (χ0n) is 7.49. The molecule has 0 aliphatic rings. The molecule has 0 radical (unpaired) electrons. The van der Waals surface area contributed by atoms with E-state index in [4.69, 9.17) is 15.3 Å².